The summed E-state index contributed by atoms with van der Waals surface area (Å²) in [6.07, 6.45) is 4.97. The smallest absolute Gasteiger partial charge is 0.326 e. The SMILES string of the molecule is NC(Cc1cnc[nH]1)C(=O)NCC(=O)NC(CCC(=O)O)C(=O)NC(Cc1cnc[nH]1)C(=O)O. The summed E-state index contributed by atoms with van der Waals surface area (Å²) in [7, 11) is 0. The standard InChI is InChI=1S/C19H26N8O7/c20-12(3-10-5-21-8-24-10)17(31)23-7-15(28)26-13(1-2-16(29)30)18(32)27-14(19(33)34)4-11-6-22-9-25-11/h5-6,8-9,12-14H,1-4,7,20H2,(H,21,24)(H,22,25)(H,23,31)(H,26,28)(H,27,32)(H,29,30)(H,33,34). The second-order valence-electron chi connectivity index (χ2n) is 7.34. The Morgan fingerprint density at radius 1 is 0.912 bits per heavy atom. The van der Waals surface area contributed by atoms with Crippen LogP contribution >= 0.6 is 0 Å². The minimum Gasteiger partial charge on any atom is -0.481 e. The van der Waals surface area contributed by atoms with Gasteiger partial charge in [-0.2, -0.15) is 0 Å². The molecule has 34 heavy (non-hydrogen) atoms. The lowest BCUT2D eigenvalue weighted by Crippen LogP contribution is -2.54. The number of hydrogen-bond donors (Lipinski definition) is 8. The number of carbonyl (C=O) groups is 5. The third-order valence-corrected chi connectivity index (χ3v) is 4.65. The fourth-order valence-electron chi connectivity index (χ4n) is 2.90. The number of carboxylic acids is 2. The molecule has 0 saturated carbocycles. The maximum Gasteiger partial charge on any atom is 0.326 e. The van der Waals surface area contributed by atoms with E-state index in [2.05, 4.69) is 35.9 Å². The van der Waals surface area contributed by atoms with Gasteiger partial charge in [-0.05, 0) is 6.42 Å². The van der Waals surface area contributed by atoms with Crippen molar-refractivity contribution >= 4 is 29.7 Å². The predicted molar refractivity (Wildman–Crippen MR) is 114 cm³/mol. The van der Waals surface area contributed by atoms with Crippen LogP contribution in [0, 0.1) is 0 Å². The van der Waals surface area contributed by atoms with Crippen molar-refractivity contribution in [2.75, 3.05) is 6.54 Å². The van der Waals surface area contributed by atoms with Gasteiger partial charge < -0.3 is 41.9 Å². The summed E-state index contributed by atoms with van der Waals surface area (Å²) in [4.78, 5) is 72.6. The van der Waals surface area contributed by atoms with Gasteiger partial charge in [-0.25, -0.2) is 14.8 Å². The molecule has 2 aromatic rings. The quantitative estimate of drug-likeness (QED) is 0.139. The Balaban J connectivity index is 1.92. The van der Waals surface area contributed by atoms with Crippen molar-refractivity contribution in [3.63, 3.8) is 0 Å². The third kappa shape index (κ3) is 8.70. The zero-order chi connectivity index (χ0) is 25.1. The number of carbonyl (C=O) groups excluding carboxylic acids is 3. The maximum atomic E-state index is 12.6. The molecule has 15 nitrogen and oxygen atoms in total. The number of H-pyrrole nitrogens is 2. The summed E-state index contributed by atoms with van der Waals surface area (Å²) in [6.45, 7) is -0.525. The van der Waals surface area contributed by atoms with E-state index < -0.39 is 60.8 Å². The van der Waals surface area contributed by atoms with E-state index in [1.165, 1.54) is 25.0 Å². The van der Waals surface area contributed by atoms with Crippen molar-refractivity contribution in [1.29, 1.82) is 0 Å². The van der Waals surface area contributed by atoms with Crippen LogP contribution in [0.25, 0.3) is 0 Å². The number of nitrogens with two attached hydrogens (primary N) is 1. The summed E-state index contributed by atoms with van der Waals surface area (Å²) in [6, 6.07) is -3.65. The second kappa shape index (κ2) is 12.7. The fourth-order valence-corrected chi connectivity index (χ4v) is 2.90. The number of nitrogens with one attached hydrogen (secondary N) is 5. The molecule has 2 aromatic heterocycles. The van der Waals surface area contributed by atoms with Gasteiger partial charge in [0, 0.05) is 43.0 Å². The molecule has 0 fully saturated rings. The Morgan fingerprint density at radius 2 is 1.53 bits per heavy atom. The molecule has 0 saturated heterocycles. The number of aromatic nitrogens is 4. The van der Waals surface area contributed by atoms with Gasteiger partial charge in [0.25, 0.3) is 0 Å². The average Bonchev–Trinajstić information content (AvgIpc) is 3.48. The summed E-state index contributed by atoms with van der Waals surface area (Å²) < 4.78 is 0. The highest BCUT2D eigenvalue weighted by Crippen LogP contribution is 2.03. The van der Waals surface area contributed by atoms with Crippen LogP contribution in [-0.2, 0) is 36.8 Å². The van der Waals surface area contributed by atoms with Crippen LogP contribution in [0.5, 0.6) is 0 Å². The van der Waals surface area contributed by atoms with Gasteiger partial charge in [-0.15, -0.1) is 0 Å². The first-order chi connectivity index (χ1) is 16.2. The number of nitrogens with zero attached hydrogens (tertiary/aromatic N) is 2. The molecule has 2 rings (SSSR count). The monoisotopic (exact) mass is 478 g/mol. The highest BCUT2D eigenvalue weighted by Gasteiger charge is 2.28. The Labute approximate surface area is 192 Å². The van der Waals surface area contributed by atoms with Gasteiger partial charge in [0.05, 0.1) is 25.2 Å². The van der Waals surface area contributed by atoms with E-state index in [9.17, 15) is 29.1 Å². The first-order valence-corrected chi connectivity index (χ1v) is 10.2. The molecule has 2 heterocycles. The molecule has 3 unspecified atom stereocenters. The summed E-state index contributed by atoms with van der Waals surface area (Å²) in [5.74, 6) is -4.83. The number of carboxylic acid groups (broad SMARTS) is 2. The molecule has 0 aliphatic carbocycles. The van der Waals surface area contributed by atoms with Gasteiger partial charge in [-0.1, -0.05) is 0 Å². The van der Waals surface area contributed by atoms with Crippen LogP contribution in [0.1, 0.15) is 24.2 Å². The topological polar surface area (TPSA) is 245 Å². The van der Waals surface area contributed by atoms with Crippen LogP contribution in [-0.4, -0.2) is 84.5 Å². The number of hydrogen-bond acceptors (Lipinski definition) is 8. The number of amides is 3. The molecule has 3 amide bonds. The van der Waals surface area contributed by atoms with Crippen molar-refractivity contribution in [3.8, 4) is 0 Å². The molecule has 9 N–H and O–H groups in total. The molecular weight excluding hydrogens is 452 g/mol. The van der Waals surface area contributed by atoms with Gasteiger partial charge in [-0.3, -0.25) is 19.2 Å². The number of rotatable bonds is 14. The Morgan fingerprint density at radius 3 is 2.06 bits per heavy atom. The number of aromatic amines is 2. The predicted octanol–water partition coefficient (Wildman–Crippen LogP) is -2.72. The van der Waals surface area contributed by atoms with E-state index in [-0.39, 0.29) is 19.3 Å². The van der Waals surface area contributed by atoms with Gasteiger partial charge in [0.15, 0.2) is 0 Å². The van der Waals surface area contributed by atoms with E-state index >= 15 is 0 Å². The number of imidazole rings is 2. The summed E-state index contributed by atoms with van der Waals surface area (Å²) in [5.41, 5.74) is 6.86. The molecule has 0 aliphatic heterocycles. The van der Waals surface area contributed by atoms with Crippen molar-refractivity contribution < 1.29 is 34.2 Å². The Kier molecular flexibility index (Phi) is 9.70. The third-order valence-electron chi connectivity index (χ3n) is 4.65. The lowest BCUT2D eigenvalue weighted by Gasteiger charge is -2.21. The molecule has 15 heteroatoms. The normalized spacial score (nSPS) is 13.3. The lowest BCUT2D eigenvalue weighted by atomic mass is 10.1. The maximum absolute atomic E-state index is 12.6. The minimum absolute atomic E-state index is 0.106. The molecule has 0 aliphatic rings. The zero-order valence-electron chi connectivity index (χ0n) is 18.0. The second-order valence-corrected chi connectivity index (χ2v) is 7.34. The molecular formula is C19H26N8O7. The highest BCUT2D eigenvalue weighted by atomic mass is 16.4. The highest BCUT2D eigenvalue weighted by molar-refractivity contribution is 5.92. The van der Waals surface area contributed by atoms with E-state index in [1.54, 1.807) is 0 Å². The van der Waals surface area contributed by atoms with Crippen LogP contribution < -0.4 is 21.7 Å². The molecule has 0 bridgehead atoms. The fraction of sp³-hybridized carbons (Fsp3) is 0.421. The van der Waals surface area contributed by atoms with Gasteiger partial charge in [0.1, 0.15) is 12.1 Å². The Hall–Kier alpha value is -4.27. The first kappa shape index (κ1) is 26.0. The summed E-state index contributed by atoms with van der Waals surface area (Å²) >= 11 is 0. The van der Waals surface area contributed by atoms with Crippen molar-refractivity contribution in [3.05, 3.63) is 36.4 Å². The molecule has 0 radical (unpaired) electrons. The minimum atomic E-state index is -1.35. The van der Waals surface area contributed by atoms with Gasteiger partial charge >= 0.3 is 11.9 Å². The van der Waals surface area contributed by atoms with Gasteiger partial charge in [0.2, 0.25) is 17.7 Å². The number of aliphatic carboxylic acids is 2. The van der Waals surface area contributed by atoms with E-state index in [1.807, 2.05) is 0 Å². The van der Waals surface area contributed by atoms with Crippen LogP contribution in [0.15, 0.2) is 25.0 Å². The molecule has 0 spiro atoms. The molecule has 184 valence electrons. The largest absolute Gasteiger partial charge is 0.481 e. The Bertz CT molecular complexity index is 977. The molecule has 0 aromatic carbocycles. The van der Waals surface area contributed by atoms with E-state index in [0.29, 0.717) is 11.4 Å². The van der Waals surface area contributed by atoms with Crippen LogP contribution in [0.4, 0.5) is 0 Å². The summed E-state index contributed by atoms with van der Waals surface area (Å²) in [5, 5.41) is 25.3. The van der Waals surface area contributed by atoms with Crippen LogP contribution in [0.3, 0.4) is 0 Å². The van der Waals surface area contributed by atoms with Crippen molar-refractivity contribution in [2.24, 2.45) is 5.73 Å². The van der Waals surface area contributed by atoms with E-state index in [0.717, 1.165) is 0 Å². The molecule has 3 atom stereocenters. The van der Waals surface area contributed by atoms with Crippen LogP contribution in [0.2, 0.25) is 0 Å². The zero-order valence-corrected chi connectivity index (χ0v) is 18.0. The van der Waals surface area contributed by atoms with Crippen molar-refractivity contribution in [1.82, 2.24) is 35.9 Å². The van der Waals surface area contributed by atoms with Crippen molar-refractivity contribution in [2.45, 2.75) is 43.8 Å². The lowest BCUT2D eigenvalue weighted by molar-refractivity contribution is -0.143. The van der Waals surface area contributed by atoms with E-state index in [4.69, 9.17) is 10.8 Å². The average molecular weight is 478 g/mol. The first-order valence-electron chi connectivity index (χ1n) is 10.2.